The molecule has 0 fully saturated rings. The predicted octanol–water partition coefficient (Wildman–Crippen LogP) is 9.28. The third-order valence-electron chi connectivity index (χ3n) is 8.70. The van der Waals surface area contributed by atoms with Gasteiger partial charge in [-0.3, -0.25) is 4.57 Å². The Morgan fingerprint density at radius 3 is 2.21 bits per heavy atom. The van der Waals surface area contributed by atoms with E-state index in [4.69, 9.17) is 4.98 Å². The van der Waals surface area contributed by atoms with Crippen LogP contribution in [0.25, 0.3) is 49.9 Å². The van der Waals surface area contributed by atoms with Crippen LogP contribution in [0, 0.1) is 0 Å². The zero-order valence-corrected chi connectivity index (χ0v) is 22.5. The summed E-state index contributed by atoms with van der Waals surface area (Å²) in [4.78, 5) is 5.11. The summed E-state index contributed by atoms with van der Waals surface area (Å²) >= 11 is 3.81. The minimum Gasteiger partial charge on any atom is -0.293 e. The smallest absolute Gasteiger partial charge is 0.145 e. The standard InChI is InChI=1S/C36H21BrN2/c37-24-17-18-26-25-11-4-5-13-29(25)36(32(26)20-24)30-14-6-7-16-33(30)39-34-27(12-8-15-31(34)36)28-19-23(21-38-35(28)39)22-9-2-1-3-10-22/h1-21H. The lowest BCUT2D eigenvalue weighted by atomic mass is 9.65. The molecule has 3 heteroatoms. The Labute approximate surface area is 234 Å². The van der Waals surface area contributed by atoms with Crippen molar-refractivity contribution in [2.75, 3.05) is 0 Å². The van der Waals surface area contributed by atoms with Crippen LogP contribution in [0.15, 0.2) is 132 Å². The summed E-state index contributed by atoms with van der Waals surface area (Å²) in [5.41, 5.74) is 13.2. The Balaban J connectivity index is 1.49. The van der Waals surface area contributed by atoms with Crippen LogP contribution in [0.4, 0.5) is 0 Å². The van der Waals surface area contributed by atoms with Crippen molar-refractivity contribution in [3.63, 3.8) is 0 Å². The van der Waals surface area contributed by atoms with Crippen molar-refractivity contribution < 1.29 is 0 Å². The van der Waals surface area contributed by atoms with Crippen LogP contribution in [0.2, 0.25) is 0 Å². The molecular weight excluding hydrogens is 540 g/mol. The van der Waals surface area contributed by atoms with Crippen molar-refractivity contribution in [2.24, 2.45) is 0 Å². The van der Waals surface area contributed by atoms with Gasteiger partial charge in [-0.1, -0.05) is 113 Å². The van der Waals surface area contributed by atoms with Gasteiger partial charge in [0, 0.05) is 27.0 Å². The zero-order chi connectivity index (χ0) is 25.7. The van der Waals surface area contributed by atoms with E-state index in [2.05, 4.69) is 142 Å². The largest absolute Gasteiger partial charge is 0.293 e. The molecule has 2 nitrogen and oxygen atoms in total. The molecule has 5 aromatic carbocycles. The van der Waals surface area contributed by atoms with Crippen LogP contribution < -0.4 is 0 Å². The van der Waals surface area contributed by atoms with E-state index in [-0.39, 0.29) is 0 Å². The first kappa shape index (κ1) is 21.5. The van der Waals surface area contributed by atoms with E-state index >= 15 is 0 Å². The Morgan fingerprint density at radius 2 is 1.31 bits per heavy atom. The zero-order valence-electron chi connectivity index (χ0n) is 20.9. The first-order valence-corrected chi connectivity index (χ1v) is 14.0. The normalized spacial score (nSPS) is 16.4. The molecule has 0 bridgehead atoms. The number of hydrogen-bond acceptors (Lipinski definition) is 1. The molecule has 1 aliphatic carbocycles. The van der Waals surface area contributed by atoms with Crippen molar-refractivity contribution in [1.82, 2.24) is 9.55 Å². The second-order valence-corrected chi connectivity index (χ2v) is 11.4. The van der Waals surface area contributed by atoms with Crippen LogP contribution in [0.5, 0.6) is 0 Å². The van der Waals surface area contributed by atoms with Gasteiger partial charge in [-0.05, 0) is 63.2 Å². The van der Waals surface area contributed by atoms with E-state index in [1.165, 1.54) is 60.9 Å². The van der Waals surface area contributed by atoms with E-state index < -0.39 is 5.41 Å². The number of benzene rings is 5. The van der Waals surface area contributed by atoms with Gasteiger partial charge in [0.25, 0.3) is 0 Å². The number of hydrogen-bond donors (Lipinski definition) is 0. The number of para-hydroxylation sites is 2. The number of pyridine rings is 1. The molecule has 0 saturated heterocycles. The molecule has 7 aromatic rings. The summed E-state index contributed by atoms with van der Waals surface area (Å²) in [6, 6.07) is 44.3. The van der Waals surface area contributed by atoms with E-state index in [1.807, 2.05) is 6.20 Å². The van der Waals surface area contributed by atoms with Crippen molar-refractivity contribution in [3.05, 3.63) is 154 Å². The van der Waals surface area contributed by atoms with Gasteiger partial charge in [-0.15, -0.1) is 0 Å². The van der Waals surface area contributed by atoms with Crippen molar-refractivity contribution in [3.8, 4) is 27.9 Å². The third-order valence-corrected chi connectivity index (χ3v) is 9.19. The minimum atomic E-state index is -0.418. The maximum atomic E-state index is 5.11. The van der Waals surface area contributed by atoms with Gasteiger partial charge >= 0.3 is 0 Å². The first-order chi connectivity index (χ1) is 19.3. The average molecular weight is 561 g/mol. The molecule has 2 aromatic heterocycles. The Kier molecular flexibility index (Phi) is 4.16. The molecule has 0 saturated carbocycles. The molecule has 0 radical (unpaired) electrons. The van der Waals surface area contributed by atoms with Gasteiger partial charge < -0.3 is 0 Å². The molecular formula is C36H21BrN2. The molecule has 0 amide bonds. The summed E-state index contributed by atoms with van der Waals surface area (Å²) < 4.78 is 3.49. The minimum absolute atomic E-state index is 0.418. The summed E-state index contributed by atoms with van der Waals surface area (Å²) in [5.74, 6) is 0. The molecule has 9 rings (SSSR count). The van der Waals surface area contributed by atoms with Gasteiger partial charge in [0.2, 0.25) is 0 Å². The Bertz CT molecular complexity index is 2140. The highest BCUT2D eigenvalue weighted by Crippen LogP contribution is 2.61. The summed E-state index contributed by atoms with van der Waals surface area (Å²) in [6.45, 7) is 0. The summed E-state index contributed by atoms with van der Waals surface area (Å²) in [7, 11) is 0. The molecule has 1 spiro atoms. The lowest BCUT2D eigenvalue weighted by Crippen LogP contribution is -2.33. The first-order valence-electron chi connectivity index (χ1n) is 13.3. The Hall–Kier alpha value is -4.47. The highest BCUT2D eigenvalue weighted by molar-refractivity contribution is 9.10. The lowest BCUT2D eigenvalue weighted by Gasteiger charge is -2.39. The van der Waals surface area contributed by atoms with Crippen LogP contribution in [-0.2, 0) is 5.41 Å². The average Bonchev–Trinajstić information content (AvgIpc) is 3.47. The van der Waals surface area contributed by atoms with Crippen molar-refractivity contribution >= 4 is 37.9 Å². The van der Waals surface area contributed by atoms with Crippen LogP contribution in [0.3, 0.4) is 0 Å². The van der Waals surface area contributed by atoms with Crippen molar-refractivity contribution in [1.29, 1.82) is 0 Å². The monoisotopic (exact) mass is 560 g/mol. The van der Waals surface area contributed by atoms with E-state index in [0.717, 1.165) is 15.7 Å². The summed E-state index contributed by atoms with van der Waals surface area (Å²) in [5, 5.41) is 2.42. The fraction of sp³-hybridized carbons (Fsp3) is 0.0278. The molecule has 3 heterocycles. The molecule has 39 heavy (non-hydrogen) atoms. The van der Waals surface area contributed by atoms with E-state index in [1.54, 1.807) is 0 Å². The molecule has 1 atom stereocenters. The molecule has 0 N–H and O–H groups in total. The van der Waals surface area contributed by atoms with Gasteiger partial charge in [0.15, 0.2) is 0 Å². The van der Waals surface area contributed by atoms with Crippen molar-refractivity contribution in [2.45, 2.75) is 5.41 Å². The molecule has 2 aliphatic rings. The molecule has 182 valence electrons. The highest BCUT2D eigenvalue weighted by atomic mass is 79.9. The summed E-state index contributed by atoms with van der Waals surface area (Å²) in [6.07, 6.45) is 2.02. The number of aromatic nitrogens is 2. The molecule has 1 aliphatic heterocycles. The number of fused-ring (bicyclic) bond motifs is 12. The SMILES string of the molecule is Brc1ccc2c(c1)C1(c3ccccc3-2)c2ccccc2-n2c3ncc(-c4ccccc4)cc3c3cccc1c32. The van der Waals surface area contributed by atoms with E-state index in [9.17, 15) is 0 Å². The second kappa shape index (κ2) is 7.56. The van der Waals surface area contributed by atoms with Gasteiger partial charge in [0.1, 0.15) is 5.65 Å². The van der Waals surface area contributed by atoms with E-state index in [0.29, 0.717) is 0 Å². The number of halogens is 1. The van der Waals surface area contributed by atoms with Gasteiger partial charge in [-0.25, -0.2) is 4.98 Å². The third kappa shape index (κ3) is 2.59. The maximum Gasteiger partial charge on any atom is 0.145 e. The Morgan fingerprint density at radius 1 is 0.564 bits per heavy atom. The number of rotatable bonds is 1. The quantitative estimate of drug-likeness (QED) is 0.195. The maximum absolute atomic E-state index is 5.11. The molecule has 1 unspecified atom stereocenters. The second-order valence-electron chi connectivity index (χ2n) is 10.5. The topological polar surface area (TPSA) is 17.8 Å². The highest BCUT2D eigenvalue weighted by Gasteiger charge is 2.50. The van der Waals surface area contributed by atoms with Gasteiger partial charge in [0.05, 0.1) is 16.6 Å². The fourth-order valence-electron chi connectivity index (χ4n) is 7.23. The van der Waals surface area contributed by atoms with Crippen LogP contribution >= 0.6 is 15.9 Å². The fourth-order valence-corrected chi connectivity index (χ4v) is 7.59. The van der Waals surface area contributed by atoms with Gasteiger partial charge in [-0.2, -0.15) is 0 Å². The number of nitrogens with zero attached hydrogens (tertiary/aromatic N) is 2. The predicted molar refractivity (Wildman–Crippen MR) is 163 cm³/mol. The van der Waals surface area contributed by atoms with Crippen LogP contribution in [0.1, 0.15) is 22.3 Å². The lowest BCUT2D eigenvalue weighted by molar-refractivity contribution is 0.747. The van der Waals surface area contributed by atoms with Crippen LogP contribution in [-0.4, -0.2) is 9.55 Å².